The number of aromatic nitrogens is 2. The van der Waals surface area contributed by atoms with Gasteiger partial charge in [-0.15, -0.1) is 0 Å². The Hall–Kier alpha value is -2.53. The zero-order valence-electron chi connectivity index (χ0n) is 12.8. The van der Waals surface area contributed by atoms with Gasteiger partial charge in [-0.05, 0) is 38.1 Å². The number of anilines is 1. The molecule has 0 saturated heterocycles. The van der Waals surface area contributed by atoms with Crippen molar-refractivity contribution in [3.8, 4) is 5.75 Å². The summed E-state index contributed by atoms with van der Waals surface area (Å²) in [5.41, 5.74) is 1.84. The predicted octanol–water partition coefficient (Wildman–Crippen LogP) is 4.26. The van der Waals surface area contributed by atoms with Crippen LogP contribution in [0.3, 0.4) is 0 Å². The number of para-hydroxylation sites is 1. The summed E-state index contributed by atoms with van der Waals surface area (Å²) in [6, 6.07) is 10.6. The van der Waals surface area contributed by atoms with Gasteiger partial charge in [0.15, 0.2) is 0 Å². The van der Waals surface area contributed by atoms with E-state index in [1.165, 1.54) is 0 Å². The third-order valence-corrected chi connectivity index (χ3v) is 3.57. The van der Waals surface area contributed by atoms with Gasteiger partial charge in [0, 0.05) is 11.1 Å². The summed E-state index contributed by atoms with van der Waals surface area (Å²) < 4.78 is 5.58. The minimum atomic E-state index is -0.228. The average Bonchev–Trinajstić information content (AvgIpc) is 2.98. The van der Waals surface area contributed by atoms with Crippen LogP contribution in [0.4, 0.5) is 5.69 Å². The SMILES string of the molecule is CC(C)Oc1ccc(NC(=O)c2cccc3cn[nH]c23)cc1Cl. The smallest absolute Gasteiger partial charge is 0.257 e. The van der Waals surface area contributed by atoms with Gasteiger partial charge >= 0.3 is 0 Å². The first-order valence-corrected chi connectivity index (χ1v) is 7.62. The fourth-order valence-electron chi connectivity index (χ4n) is 2.28. The quantitative estimate of drug-likeness (QED) is 0.751. The Kier molecular flexibility index (Phi) is 4.21. The van der Waals surface area contributed by atoms with Gasteiger partial charge < -0.3 is 10.1 Å². The fraction of sp³-hybridized carbons (Fsp3) is 0.176. The van der Waals surface area contributed by atoms with Crippen molar-refractivity contribution in [3.05, 3.63) is 53.2 Å². The lowest BCUT2D eigenvalue weighted by atomic mass is 10.1. The van der Waals surface area contributed by atoms with Gasteiger partial charge in [-0.2, -0.15) is 5.10 Å². The highest BCUT2D eigenvalue weighted by atomic mass is 35.5. The van der Waals surface area contributed by atoms with E-state index < -0.39 is 0 Å². The average molecular weight is 330 g/mol. The third-order valence-electron chi connectivity index (χ3n) is 3.27. The lowest BCUT2D eigenvalue weighted by Gasteiger charge is -2.13. The Bertz CT molecular complexity index is 858. The number of carbonyl (C=O) groups excluding carboxylic acids is 1. The summed E-state index contributed by atoms with van der Waals surface area (Å²) in [7, 11) is 0. The summed E-state index contributed by atoms with van der Waals surface area (Å²) in [6.45, 7) is 3.86. The highest BCUT2D eigenvalue weighted by Crippen LogP contribution is 2.29. The minimum Gasteiger partial charge on any atom is -0.489 e. The van der Waals surface area contributed by atoms with Crippen LogP contribution in [-0.4, -0.2) is 22.2 Å². The molecule has 0 saturated carbocycles. The number of nitrogens with zero attached hydrogens (tertiary/aromatic N) is 1. The van der Waals surface area contributed by atoms with Crippen LogP contribution < -0.4 is 10.1 Å². The number of hydrogen-bond acceptors (Lipinski definition) is 3. The Morgan fingerprint density at radius 1 is 1.30 bits per heavy atom. The molecule has 0 spiro atoms. The van der Waals surface area contributed by atoms with Gasteiger partial charge in [-0.3, -0.25) is 9.89 Å². The molecular weight excluding hydrogens is 314 g/mol. The fourth-order valence-corrected chi connectivity index (χ4v) is 2.51. The summed E-state index contributed by atoms with van der Waals surface area (Å²) in [5.74, 6) is 0.365. The van der Waals surface area contributed by atoms with Crippen molar-refractivity contribution in [2.45, 2.75) is 20.0 Å². The number of rotatable bonds is 4. The number of nitrogens with one attached hydrogen (secondary N) is 2. The van der Waals surface area contributed by atoms with E-state index in [2.05, 4.69) is 15.5 Å². The van der Waals surface area contributed by atoms with Crippen LogP contribution in [0.15, 0.2) is 42.6 Å². The molecule has 0 aliphatic rings. The van der Waals surface area contributed by atoms with E-state index in [0.717, 1.165) is 5.39 Å². The van der Waals surface area contributed by atoms with Crippen LogP contribution in [0.2, 0.25) is 5.02 Å². The molecule has 1 amide bonds. The summed E-state index contributed by atoms with van der Waals surface area (Å²) >= 11 is 6.19. The van der Waals surface area contributed by atoms with E-state index in [1.54, 1.807) is 30.5 Å². The number of hydrogen-bond donors (Lipinski definition) is 2. The largest absolute Gasteiger partial charge is 0.489 e. The first-order chi connectivity index (χ1) is 11.0. The molecule has 0 fully saturated rings. The normalized spacial score (nSPS) is 11.0. The molecule has 2 N–H and O–H groups in total. The molecule has 0 unspecified atom stereocenters. The van der Waals surface area contributed by atoms with Gasteiger partial charge in [0.1, 0.15) is 5.75 Å². The Morgan fingerprint density at radius 3 is 2.87 bits per heavy atom. The zero-order valence-corrected chi connectivity index (χ0v) is 13.5. The van der Waals surface area contributed by atoms with Crippen LogP contribution in [0.5, 0.6) is 5.75 Å². The monoisotopic (exact) mass is 329 g/mol. The standard InChI is InChI=1S/C17H16ClN3O2/c1-10(2)23-15-7-6-12(8-14(15)18)20-17(22)13-5-3-4-11-9-19-21-16(11)13/h3-10H,1-2H3,(H,19,21)(H,20,22). The lowest BCUT2D eigenvalue weighted by molar-refractivity contribution is 0.102. The second-order valence-corrected chi connectivity index (χ2v) is 5.81. The number of ether oxygens (including phenoxy) is 1. The third kappa shape index (κ3) is 3.29. The number of benzene rings is 2. The van der Waals surface area contributed by atoms with E-state index >= 15 is 0 Å². The maximum Gasteiger partial charge on any atom is 0.257 e. The Morgan fingerprint density at radius 2 is 2.13 bits per heavy atom. The molecule has 6 heteroatoms. The molecule has 0 aliphatic heterocycles. The van der Waals surface area contributed by atoms with Gasteiger partial charge in [0.2, 0.25) is 0 Å². The van der Waals surface area contributed by atoms with Crippen molar-refractivity contribution in [1.82, 2.24) is 10.2 Å². The van der Waals surface area contributed by atoms with Crippen LogP contribution in [0, 0.1) is 0 Å². The van der Waals surface area contributed by atoms with E-state index in [-0.39, 0.29) is 12.0 Å². The molecule has 2 aromatic carbocycles. The molecular formula is C17H16ClN3O2. The Labute approximate surface area is 138 Å². The molecule has 0 aliphatic carbocycles. The van der Waals surface area contributed by atoms with Crippen LogP contribution in [0.1, 0.15) is 24.2 Å². The molecule has 5 nitrogen and oxygen atoms in total. The van der Waals surface area contributed by atoms with E-state index in [0.29, 0.717) is 27.5 Å². The van der Waals surface area contributed by atoms with Crippen molar-refractivity contribution in [3.63, 3.8) is 0 Å². The molecule has 1 aromatic heterocycles. The molecule has 0 radical (unpaired) electrons. The predicted molar refractivity (Wildman–Crippen MR) is 91.3 cm³/mol. The number of amides is 1. The summed E-state index contributed by atoms with van der Waals surface area (Å²) in [4.78, 5) is 12.5. The van der Waals surface area contributed by atoms with Crippen molar-refractivity contribution in [1.29, 1.82) is 0 Å². The number of halogens is 1. The van der Waals surface area contributed by atoms with Gasteiger partial charge in [0.25, 0.3) is 5.91 Å². The molecule has 1 heterocycles. The second kappa shape index (κ2) is 6.30. The van der Waals surface area contributed by atoms with Gasteiger partial charge in [0.05, 0.1) is 28.4 Å². The van der Waals surface area contributed by atoms with Crippen LogP contribution in [-0.2, 0) is 0 Å². The number of fused-ring (bicyclic) bond motifs is 1. The maximum absolute atomic E-state index is 12.5. The highest BCUT2D eigenvalue weighted by molar-refractivity contribution is 6.32. The van der Waals surface area contributed by atoms with Crippen molar-refractivity contribution >= 4 is 34.1 Å². The molecule has 0 bridgehead atoms. The molecule has 3 rings (SSSR count). The van der Waals surface area contributed by atoms with Crippen LogP contribution >= 0.6 is 11.6 Å². The van der Waals surface area contributed by atoms with E-state index in [9.17, 15) is 4.79 Å². The highest BCUT2D eigenvalue weighted by Gasteiger charge is 2.12. The van der Waals surface area contributed by atoms with Crippen LogP contribution in [0.25, 0.3) is 10.9 Å². The molecule has 118 valence electrons. The zero-order chi connectivity index (χ0) is 16.4. The number of H-pyrrole nitrogens is 1. The lowest BCUT2D eigenvalue weighted by Crippen LogP contribution is -2.12. The van der Waals surface area contributed by atoms with Gasteiger partial charge in [-0.1, -0.05) is 23.7 Å². The maximum atomic E-state index is 12.5. The van der Waals surface area contributed by atoms with Crippen molar-refractivity contribution in [2.24, 2.45) is 0 Å². The second-order valence-electron chi connectivity index (χ2n) is 5.41. The van der Waals surface area contributed by atoms with E-state index in [1.807, 2.05) is 26.0 Å². The first-order valence-electron chi connectivity index (χ1n) is 7.24. The summed E-state index contributed by atoms with van der Waals surface area (Å²) in [5, 5.41) is 11.0. The topological polar surface area (TPSA) is 67.0 Å². The number of aromatic amines is 1. The number of carbonyl (C=O) groups is 1. The summed E-state index contributed by atoms with van der Waals surface area (Å²) in [6.07, 6.45) is 1.71. The first kappa shape index (κ1) is 15.4. The van der Waals surface area contributed by atoms with Crippen molar-refractivity contribution < 1.29 is 9.53 Å². The molecule has 0 atom stereocenters. The van der Waals surface area contributed by atoms with Gasteiger partial charge in [-0.25, -0.2) is 0 Å². The van der Waals surface area contributed by atoms with E-state index in [4.69, 9.17) is 16.3 Å². The van der Waals surface area contributed by atoms with Crippen molar-refractivity contribution in [2.75, 3.05) is 5.32 Å². The minimum absolute atomic E-state index is 0.0333. The molecule has 23 heavy (non-hydrogen) atoms. The molecule has 3 aromatic rings. The Balaban J connectivity index is 1.83.